The van der Waals surface area contributed by atoms with Gasteiger partial charge >= 0.3 is 5.63 Å². The van der Waals surface area contributed by atoms with Crippen molar-refractivity contribution in [1.82, 2.24) is 0 Å². The SMILES string of the molecule is Cc1cc2c(-c3ccc(F)cc3)cc(=O)oc2cc1Br. The van der Waals surface area contributed by atoms with E-state index in [0.29, 0.717) is 5.58 Å². The van der Waals surface area contributed by atoms with E-state index in [0.717, 1.165) is 26.5 Å². The van der Waals surface area contributed by atoms with Crippen LogP contribution in [0.15, 0.2) is 56.1 Å². The Morgan fingerprint density at radius 2 is 1.80 bits per heavy atom. The zero-order valence-electron chi connectivity index (χ0n) is 10.6. The normalized spacial score (nSPS) is 10.9. The molecule has 0 aliphatic carbocycles. The van der Waals surface area contributed by atoms with Crippen LogP contribution in [0.1, 0.15) is 5.56 Å². The second kappa shape index (κ2) is 4.87. The molecule has 2 nitrogen and oxygen atoms in total. The summed E-state index contributed by atoms with van der Waals surface area (Å²) < 4.78 is 19.1. The van der Waals surface area contributed by atoms with E-state index in [1.807, 2.05) is 13.0 Å². The summed E-state index contributed by atoms with van der Waals surface area (Å²) in [5.41, 5.74) is 2.65. The summed E-state index contributed by atoms with van der Waals surface area (Å²) in [6, 6.07) is 11.2. The standard InChI is InChI=1S/C16H10BrFO2/c1-9-6-13-12(10-2-4-11(18)5-3-10)7-16(19)20-15(13)8-14(9)17/h2-8H,1H3. The van der Waals surface area contributed by atoms with Crippen molar-refractivity contribution in [1.29, 1.82) is 0 Å². The number of rotatable bonds is 1. The minimum atomic E-state index is -0.424. The average Bonchev–Trinajstić information content (AvgIpc) is 2.41. The van der Waals surface area contributed by atoms with E-state index in [1.165, 1.54) is 18.2 Å². The Morgan fingerprint density at radius 3 is 2.50 bits per heavy atom. The Morgan fingerprint density at radius 1 is 1.10 bits per heavy atom. The maximum absolute atomic E-state index is 13.0. The van der Waals surface area contributed by atoms with Crippen molar-refractivity contribution in [3.63, 3.8) is 0 Å². The molecule has 0 fully saturated rings. The molecule has 0 aliphatic heterocycles. The summed E-state index contributed by atoms with van der Waals surface area (Å²) in [4.78, 5) is 11.7. The predicted molar refractivity (Wildman–Crippen MR) is 80.3 cm³/mol. The molecular weight excluding hydrogens is 323 g/mol. The van der Waals surface area contributed by atoms with E-state index in [4.69, 9.17) is 4.42 Å². The van der Waals surface area contributed by atoms with E-state index >= 15 is 0 Å². The first-order valence-electron chi connectivity index (χ1n) is 6.04. The van der Waals surface area contributed by atoms with Crippen LogP contribution in [-0.2, 0) is 0 Å². The van der Waals surface area contributed by atoms with E-state index in [-0.39, 0.29) is 5.82 Å². The highest BCUT2D eigenvalue weighted by atomic mass is 79.9. The first-order chi connectivity index (χ1) is 9.54. The quantitative estimate of drug-likeness (QED) is 0.606. The van der Waals surface area contributed by atoms with Crippen molar-refractivity contribution in [2.45, 2.75) is 6.92 Å². The molecule has 0 saturated carbocycles. The van der Waals surface area contributed by atoms with Crippen molar-refractivity contribution in [2.24, 2.45) is 0 Å². The van der Waals surface area contributed by atoms with E-state index in [9.17, 15) is 9.18 Å². The van der Waals surface area contributed by atoms with Gasteiger partial charge in [-0.3, -0.25) is 0 Å². The second-order valence-electron chi connectivity index (χ2n) is 4.58. The van der Waals surface area contributed by atoms with Crippen LogP contribution in [0.3, 0.4) is 0 Å². The fraction of sp³-hybridized carbons (Fsp3) is 0.0625. The van der Waals surface area contributed by atoms with Crippen LogP contribution in [0.5, 0.6) is 0 Å². The molecule has 0 amide bonds. The van der Waals surface area contributed by atoms with Crippen LogP contribution in [0.25, 0.3) is 22.1 Å². The lowest BCUT2D eigenvalue weighted by Gasteiger charge is -2.07. The number of aryl methyl sites for hydroxylation is 1. The molecule has 0 aliphatic rings. The van der Waals surface area contributed by atoms with Crippen LogP contribution in [-0.4, -0.2) is 0 Å². The van der Waals surface area contributed by atoms with Crippen LogP contribution < -0.4 is 5.63 Å². The van der Waals surface area contributed by atoms with Gasteiger partial charge in [-0.2, -0.15) is 0 Å². The van der Waals surface area contributed by atoms with Crippen molar-refractivity contribution in [2.75, 3.05) is 0 Å². The van der Waals surface area contributed by atoms with Crippen molar-refractivity contribution >= 4 is 26.9 Å². The van der Waals surface area contributed by atoms with Gasteiger partial charge in [0.15, 0.2) is 0 Å². The minimum absolute atomic E-state index is 0.306. The monoisotopic (exact) mass is 332 g/mol. The fourth-order valence-electron chi connectivity index (χ4n) is 2.16. The third kappa shape index (κ3) is 2.27. The lowest BCUT2D eigenvalue weighted by atomic mass is 10.0. The van der Waals surface area contributed by atoms with Gasteiger partial charge in [-0.25, -0.2) is 9.18 Å². The third-order valence-corrected chi connectivity index (χ3v) is 4.03. The number of hydrogen-bond donors (Lipinski definition) is 0. The maximum atomic E-state index is 13.0. The summed E-state index contributed by atoms with van der Waals surface area (Å²) in [6.07, 6.45) is 0. The van der Waals surface area contributed by atoms with Gasteiger partial charge in [0, 0.05) is 15.9 Å². The highest BCUT2D eigenvalue weighted by molar-refractivity contribution is 9.10. The number of hydrogen-bond acceptors (Lipinski definition) is 2. The van der Waals surface area contributed by atoms with Crippen LogP contribution in [0, 0.1) is 12.7 Å². The van der Waals surface area contributed by atoms with Gasteiger partial charge in [0.2, 0.25) is 0 Å². The van der Waals surface area contributed by atoms with Gasteiger partial charge < -0.3 is 4.42 Å². The number of fused-ring (bicyclic) bond motifs is 1. The molecule has 0 bridgehead atoms. The summed E-state index contributed by atoms with van der Waals surface area (Å²) in [5, 5.41) is 0.830. The van der Waals surface area contributed by atoms with Crippen LogP contribution in [0.4, 0.5) is 4.39 Å². The minimum Gasteiger partial charge on any atom is -0.423 e. The molecule has 0 saturated heterocycles. The molecular formula is C16H10BrFO2. The molecule has 0 N–H and O–H groups in total. The van der Waals surface area contributed by atoms with Gasteiger partial charge in [0.1, 0.15) is 11.4 Å². The molecule has 1 aromatic heterocycles. The summed E-state index contributed by atoms with van der Waals surface area (Å²) >= 11 is 3.42. The molecule has 1 heterocycles. The van der Waals surface area contributed by atoms with Gasteiger partial charge in [0.05, 0.1) is 0 Å². The molecule has 3 aromatic rings. The first kappa shape index (κ1) is 13.1. The lowest BCUT2D eigenvalue weighted by molar-refractivity contribution is 0.561. The number of halogens is 2. The Balaban J connectivity index is 2.37. The highest BCUT2D eigenvalue weighted by Gasteiger charge is 2.10. The van der Waals surface area contributed by atoms with E-state index in [2.05, 4.69) is 15.9 Å². The largest absolute Gasteiger partial charge is 0.423 e. The van der Waals surface area contributed by atoms with E-state index in [1.54, 1.807) is 18.2 Å². The van der Waals surface area contributed by atoms with Crippen molar-refractivity contribution in [3.8, 4) is 11.1 Å². The predicted octanol–water partition coefficient (Wildman–Crippen LogP) is 4.67. The molecule has 20 heavy (non-hydrogen) atoms. The zero-order chi connectivity index (χ0) is 14.3. The van der Waals surface area contributed by atoms with Gasteiger partial charge in [-0.1, -0.05) is 28.1 Å². The maximum Gasteiger partial charge on any atom is 0.336 e. The van der Waals surface area contributed by atoms with Crippen LogP contribution >= 0.6 is 15.9 Å². The van der Waals surface area contributed by atoms with Crippen molar-refractivity contribution < 1.29 is 8.81 Å². The Hall–Kier alpha value is -1.94. The summed E-state index contributed by atoms with van der Waals surface area (Å²) in [7, 11) is 0. The Bertz CT molecular complexity index is 851. The van der Waals surface area contributed by atoms with Gasteiger partial charge in [-0.05, 0) is 47.9 Å². The second-order valence-corrected chi connectivity index (χ2v) is 5.44. The van der Waals surface area contributed by atoms with E-state index < -0.39 is 5.63 Å². The fourth-order valence-corrected chi connectivity index (χ4v) is 2.48. The lowest BCUT2D eigenvalue weighted by Crippen LogP contribution is -1.98. The third-order valence-electron chi connectivity index (χ3n) is 3.18. The first-order valence-corrected chi connectivity index (χ1v) is 6.84. The molecule has 0 radical (unpaired) electrons. The zero-order valence-corrected chi connectivity index (χ0v) is 12.2. The Kier molecular flexibility index (Phi) is 3.18. The summed E-state index contributed by atoms with van der Waals surface area (Å²) in [6.45, 7) is 1.96. The van der Waals surface area contributed by atoms with Gasteiger partial charge in [-0.15, -0.1) is 0 Å². The molecule has 2 aromatic carbocycles. The Labute approximate surface area is 123 Å². The molecule has 0 unspecified atom stereocenters. The number of benzene rings is 2. The molecule has 4 heteroatoms. The van der Waals surface area contributed by atoms with Gasteiger partial charge in [0.25, 0.3) is 0 Å². The summed E-state index contributed by atoms with van der Waals surface area (Å²) in [5.74, 6) is -0.306. The smallest absolute Gasteiger partial charge is 0.336 e. The molecule has 0 spiro atoms. The molecule has 0 atom stereocenters. The highest BCUT2D eigenvalue weighted by Crippen LogP contribution is 2.31. The van der Waals surface area contributed by atoms with Crippen molar-refractivity contribution in [3.05, 3.63) is 68.7 Å². The average molecular weight is 333 g/mol. The molecule has 100 valence electrons. The van der Waals surface area contributed by atoms with Crippen LogP contribution in [0.2, 0.25) is 0 Å². The topological polar surface area (TPSA) is 30.2 Å². The molecule has 3 rings (SSSR count).